The first-order valence-electron chi connectivity index (χ1n) is 9.17. The van der Waals surface area contributed by atoms with Gasteiger partial charge >= 0.3 is 0 Å². The van der Waals surface area contributed by atoms with Gasteiger partial charge in [-0.25, -0.2) is 14.1 Å². The van der Waals surface area contributed by atoms with E-state index in [1.54, 1.807) is 33.9 Å². The van der Waals surface area contributed by atoms with Gasteiger partial charge in [0.2, 0.25) is 0 Å². The second-order valence-corrected chi connectivity index (χ2v) is 8.10. The van der Waals surface area contributed by atoms with E-state index in [2.05, 4.69) is 0 Å². The van der Waals surface area contributed by atoms with Gasteiger partial charge in [-0.05, 0) is 31.2 Å². The predicted molar refractivity (Wildman–Crippen MR) is 118 cm³/mol. The van der Waals surface area contributed by atoms with Crippen LogP contribution in [-0.2, 0) is 0 Å². The number of allylic oxidation sites excluding steroid dienone is 2. The number of aromatic nitrogens is 2. The molecule has 0 unspecified atom stereocenters. The van der Waals surface area contributed by atoms with Gasteiger partial charge in [0.1, 0.15) is 11.0 Å². The average molecular weight is 460 g/mol. The van der Waals surface area contributed by atoms with Gasteiger partial charge in [-0.1, -0.05) is 71.2 Å². The van der Waals surface area contributed by atoms with Crippen LogP contribution in [0.3, 0.4) is 0 Å². The zero-order chi connectivity index (χ0) is 21.0. The fourth-order valence-corrected chi connectivity index (χ4v) is 4.56. The SMILES string of the molecule is Cc1nn(-c2ccccc2)c2c1[C@@H](c1ccccc1F)N1C(=N2)C(Cl)=CC(Cl)=C1Cl. The van der Waals surface area contributed by atoms with Crippen molar-refractivity contribution in [1.29, 1.82) is 0 Å². The molecular weight excluding hydrogens is 446 g/mol. The smallest absolute Gasteiger partial charge is 0.164 e. The van der Waals surface area contributed by atoms with Gasteiger partial charge in [0.25, 0.3) is 0 Å². The Morgan fingerprint density at radius 3 is 2.40 bits per heavy atom. The van der Waals surface area contributed by atoms with Crippen molar-refractivity contribution in [2.24, 2.45) is 4.99 Å². The van der Waals surface area contributed by atoms with Crippen molar-refractivity contribution in [3.63, 3.8) is 0 Å². The number of nitrogens with zero attached hydrogens (tertiary/aromatic N) is 4. The van der Waals surface area contributed by atoms with Gasteiger partial charge in [-0.2, -0.15) is 5.10 Å². The third-order valence-electron chi connectivity index (χ3n) is 5.13. The number of aliphatic imine (C=N–C) groups is 1. The quantitative estimate of drug-likeness (QED) is 0.408. The van der Waals surface area contributed by atoms with Gasteiger partial charge in [-0.15, -0.1) is 0 Å². The maximum atomic E-state index is 15.0. The van der Waals surface area contributed by atoms with Crippen LogP contribution in [0.25, 0.3) is 5.69 Å². The number of aryl methyl sites for hydroxylation is 1. The van der Waals surface area contributed by atoms with Crippen molar-refractivity contribution >= 4 is 46.5 Å². The maximum Gasteiger partial charge on any atom is 0.164 e. The Morgan fingerprint density at radius 2 is 1.67 bits per heavy atom. The summed E-state index contributed by atoms with van der Waals surface area (Å²) < 4.78 is 16.7. The minimum atomic E-state index is -0.630. The van der Waals surface area contributed by atoms with Gasteiger partial charge < -0.3 is 4.90 Å². The van der Waals surface area contributed by atoms with Crippen LogP contribution in [0.5, 0.6) is 0 Å². The van der Waals surface area contributed by atoms with E-state index in [-0.39, 0.29) is 16.0 Å². The molecular formula is C22H14Cl3FN4. The molecule has 8 heteroatoms. The summed E-state index contributed by atoms with van der Waals surface area (Å²) in [4.78, 5) is 6.44. The molecule has 0 N–H and O–H groups in total. The first kappa shape index (κ1) is 19.4. The number of fused-ring (bicyclic) bond motifs is 2. The van der Waals surface area contributed by atoms with Crippen LogP contribution in [0.4, 0.5) is 10.2 Å². The molecule has 2 aliphatic rings. The molecule has 0 bridgehead atoms. The summed E-state index contributed by atoms with van der Waals surface area (Å²) in [5.41, 5.74) is 2.70. The molecule has 0 fully saturated rings. The Hall–Kier alpha value is -2.60. The van der Waals surface area contributed by atoms with Crippen LogP contribution in [0.1, 0.15) is 22.9 Å². The normalized spacial score (nSPS) is 18.0. The van der Waals surface area contributed by atoms with Crippen molar-refractivity contribution in [3.8, 4) is 5.69 Å². The summed E-state index contributed by atoms with van der Waals surface area (Å²) in [5, 5.41) is 5.51. The van der Waals surface area contributed by atoms with Gasteiger partial charge in [0, 0.05) is 11.1 Å². The Bertz CT molecular complexity index is 1260. The molecule has 0 radical (unpaired) electrons. The molecule has 0 amide bonds. The lowest BCUT2D eigenvalue weighted by atomic mass is 9.94. The molecule has 0 spiro atoms. The molecule has 0 aliphatic carbocycles. The lowest BCUT2D eigenvalue weighted by Gasteiger charge is -2.39. The highest BCUT2D eigenvalue weighted by atomic mass is 35.5. The lowest BCUT2D eigenvalue weighted by Crippen LogP contribution is -2.38. The summed E-state index contributed by atoms with van der Waals surface area (Å²) >= 11 is 19.4. The van der Waals surface area contributed by atoms with Crippen molar-refractivity contribution in [2.75, 3.05) is 0 Å². The minimum absolute atomic E-state index is 0.227. The number of halogens is 4. The number of hydrogen-bond donors (Lipinski definition) is 0. The third-order valence-corrected chi connectivity index (χ3v) is 6.18. The van der Waals surface area contributed by atoms with Crippen LogP contribution in [0, 0.1) is 12.7 Å². The number of hydrogen-bond acceptors (Lipinski definition) is 3. The van der Waals surface area contributed by atoms with Crippen LogP contribution in [-0.4, -0.2) is 20.5 Å². The first-order valence-corrected chi connectivity index (χ1v) is 10.3. The zero-order valence-corrected chi connectivity index (χ0v) is 17.9. The van der Waals surface area contributed by atoms with Gasteiger partial charge in [0.05, 0.1) is 27.5 Å². The fraction of sp³-hybridized carbons (Fsp3) is 0.0909. The summed E-state index contributed by atoms with van der Waals surface area (Å²) in [6.45, 7) is 1.87. The van der Waals surface area contributed by atoms with Gasteiger partial charge in [0.15, 0.2) is 11.7 Å². The number of para-hydroxylation sites is 1. The largest absolute Gasteiger partial charge is 0.302 e. The van der Waals surface area contributed by atoms with E-state index in [9.17, 15) is 4.39 Å². The summed E-state index contributed by atoms with van der Waals surface area (Å²) in [6, 6.07) is 15.6. The van der Waals surface area contributed by atoms with E-state index in [4.69, 9.17) is 44.9 Å². The monoisotopic (exact) mass is 458 g/mol. The summed E-state index contributed by atoms with van der Waals surface area (Å²) in [7, 11) is 0. The number of amidine groups is 1. The van der Waals surface area contributed by atoms with E-state index in [1.165, 1.54) is 6.07 Å². The van der Waals surface area contributed by atoms with Crippen LogP contribution in [0.15, 0.2) is 80.9 Å². The van der Waals surface area contributed by atoms with Crippen molar-refractivity contribution in [3.05, 3.63) is 98.5 Å². The molecule has 2 aromatic carbocycles. The molecule has 4 nitrogen and oxygen atoms in total. The zero-order valence-electron chi connectivity index (χ0n) is 15.7. The Kier molecular flexibility index (Phi) is 4.69. The summed E-state index contributed by atoms with van der Waals surface area (Å²) in [6.07, 6.45) is 1.54. The molecule has 1 atom stereocenters. The van der Waals surface area contributed by atoms with E-state index in [1.807, 2.05) is 37.3 Å². The molecule has 0 saturated heterocycles. The van der Waals surface area contributed by atoms with Crippen molar-refractivity contribution in [2.45, 2.75) is 13.0 Å². The van der Waals surface area contributed by atoms with Crippen LogP contribution < -0.4 is 0 Å². The Balaban J connectivity index is 1.84. The Morgan fingerprint density at radius 1 is 0.967 bits per heavy atom. The topological polar surface area (TPSA) is 33.4 Å². The molecule has 2 aliphatic heterocycles. The van der Waals surface area contributed by atoms with Crippen LogP contribution >= 0.6 is 34.8 Å². The molecule has 0 saturated carbocycles. The fourth-order valence-electron chi connectivity index (χ4n) is 3.83. The highest BCUT2D eigenvalue weighted by Gasteiger charge is 2.41. The van der Waals surface area contributed by atoms with Gasteiger partial charge in [-0.3, -0.25) is 0 Å². The standard InChI is InChI=1S/C22H14Cl3FN4/c1-12-18-19(14-9-5-6-10-17(14)26)29-20(25)15(23)11-16(24)21(29)27-22(18)30(28-12)13-7-3-2-4-8-13/h2-11,19H,1H3/t19-/m1/s1. The number of rotatable bonds is 2. The molecule has 3 heterocycles. The molecule has 30 heavy (non-hydrogen) atoms. The highest BCUT2D eigenvalue weighted by molar-refractivity contribution is 6.49. The number of benzene rings is 2. The van der Waals surface area contributed by atoms with E-state index in [0.717, 1.165) is 11.3 Å². The van der Waals surface area contributed by atoms with E-state index >= 15 is 0 Å². The minimum Gasteiger partial charge on any atom is -0.302 e. The van der Waals surface area contributed by atoms with Crippen LogP contribution in [0.2, 0.25) is 0 Å². The molecule has 3 aromatic rings. The second-order valence-electron chi connectivity index (χ2n) is 6.93. The van der Waals surface area contributed by atoms with E-state index in [0.29, 0.717) is 27.9 Å². The average Bonchev–Trinajstić information content (AvgIpc) is 3.08. The summed E-state index contributed by atoms with van der Waals surface area (Å²) in [5.74, 6) is 0.601. The molecule has 5 rings (SSSR count). The third kappa shape index (κ3) is 2.88. The van der Waals surface area contributed by atoms with E-state index < -0.39 is 6.04 Å². The lowest BCUT2D eigenvalue weighted by molar-refractivity contribution is 0.431. The highest BCUT2D eigenvalue weighted by Crippen LogP contribution is 2.48. The Labute approximate surface area is 187 Å². The predicted octanol–water partition coefficient (Wildman–Crippen LogP) is 6.54. The second kappa shape index (κ2) is 7.27. The first-order chi connectivity index (χ1) is 14.5. The maximum absolute atomic E-state index is 15.0. The molecule has 1 aromatic heterocycles. The van der Waals surface area contributed by atoms with Crippen molar-refractivity contribution in [1.82, 2.24) is 14.7 Å². The van der Waals surface area contributed by atoms with Crippen molar-refractivity contribution < 1.29 is 4.39 Å². The molecule has 150 valence electrons.